The van der Waals surface area contributed by atoms with Crippen molar-refractivity contribution in [1.82, 2.24) is 14.1 Å². The summed E-state index contributed by atoms with van der Waals surface area (Å²) in [5, 5.41) is 5.07. The van der Waals surface area contributed by atoms with E-state index in [1.165, 1.54) is 4.57 Å². The molecule has 0 saturated heterocycles. The van der Waals surface area contributed by atoms with Crippen LogP contribution in [0.25, 0.3) is 61.0 Å². The van der Waals surface area contributed by atoms with E-state index in [1.807, 2.05) is 97.1 Å². The minimum atomic E-state index is -3.35. The standard InChI is InChI=1S/C73H59N5OSi/c1-73(2,3)53-44-63(51-26-10-5-11-27-51)71(64(45-53)52-28-12-6-13-29-52)77-50-76(68-40-24-25-41-69(68)77)54-46-56(48-60(47-54)80(57-30-14-7-15-31-57,58-32-16-8-17-33-58)59-34-18-9-19-35-59)79-55-42-43-62-61-36-20-22-38-66(61)78(70(62)49-55)72-74-65-37-21-23-39-67(65)75(72)4/h5-49H,50H2,1-4H3/i4D3,20D,22D,36D,38D,44D,45D. The number of aromatic nitrogens is 3. The summed E-state index contributed by atoms with van der Waals surface area (Å²) in [5.41, 5.74) is 7.72. The Morgan fingerprint density at radius 3 is 1.65 bits per heavy atom. The second-order valence-corrected chi connectivity index (χ2v) is 25.1. The molecule has 0 saturated carbocycles. The Kier molecular flexibility index (Phi) is 9.73. The summed E-state index contributed by atoms with van der Waals surface area (Å²) in [4.78, 5) is 9.44. The molecule has 0 amide bonds. The lowest BCUT2D eigenvalue weighted by Crippen LogP contribution is -2.74. The monoisotopic (exact) mass is 1060 g/mol. The number of anilines is 4. The SMILES string of the molecule is [2H]c1c(-c2ccccc2)c(N2CN(c3cc(Oc4ccc5c6c([2H])c([2H])c([2H])c([2H])c6n(-c6nc7ccccc7n6C([2H])([2H])[2H])c5c4)cc([Si](c4ccccc4)(c4ccccc4)c4ccccc4)c3)c3ccccc32)c(-c2ccccc2)c([2H])c1C(C)(C)C. The Balaban J connectivity index is 1.04. The van der Waals surface area contributed by atoms with E-state index in [4.69, 9.17) is 16.6 Å². The maximum absolute atomic E-state index is 10.2. The number of para-hydroxylation sites is 5. The fourth-order valence-corrected chi connectivity index (χ4v) is 16.6. The summed E-state index contributed by atoms with van der Waals surface area (Å²) in [6.07, 6.45) is 0. The number of aryl methyl sites for hydroxylation is 1. The molecule has 3 heterocycles. The molecule has 1 aliphatic rings. The van der Waals surface area contributed by atoms with Gasteiger partial charge in [-0.05, 0) is 110 Å². The van der Waals surface area contributed by atoms with Crippen LogP contribution in [0.5, 0.6) is 11.5 Å². The lowest BCUT2D eigenvalue weighted by atomic mass is 9.82. The van der Waals surface area contributed by atoms with Crippen molar-refractivity contribution in [2.24, 2.45) is 6.98 Å². The van der Waals surface area contributed by atoms with Crippen LogP contribution in [-0.4, -0.2) is 28.9 Å². The largest absolute Gasteiger partial charge is 0.457 e. The molecule has 0 atom stereocenters. The Bertz CT molecular complexity index is 4740. The van der Waals surface area contributed by atoms with Crippen LogP contribution in [0.15, 0.2) is 273 Å². The highest BCUT2D eigenvalue weighted by Crippen LogP contribution is 2.52. The lowest BCUT2D eigenvalue weighted by molar-refractivity contribution is 0.484. The summed E-state index contributed by atoms with van der Waals surface area (Å²) < 4.78 is 93.4. The van der Waals surface area contributed by atoms with Crippen molar-refractivity contribution in [3.63, 3.8) is 0 Å². The summed E-state index contributed by atoms with van der Waals surface area (Å²) in [6.45, 7) is 3.73. The van der Waals surface area contributed by atoms with Gasteiger partial charge in [-0.1, -0.05) is 215 Å². The normalized spacial score (nSPS) is 14.4. The third kappa shape index (κ3) is 8.20. The fourth-order valence-electron chi connectivity index (χ4n) is 11.8. The maximum atomic E-state index is 10.2. The van der Waals surface area contributed by atoms with Gasteiger partial charge in [-0.15, -0.1) is 0 Å². The average Bonchev–Trinajstić information content (AvgIpc) is 1.69. The summed E-state index contributed by atoms with van der Waals surface area (Å²) in [7, 11) is -3.35. The van der Waals surface area contributed by atoms with Crippen molar-refractivity contribution >= 4 is 84.4 Å². The minimum Gasteiger partial charge on any atom is -0.457 e. The molecule has 1 aliphatic heterocycles. The number of hydrogen-bond donors (Lipinski definition) is 0. The molecule has 2 aromatic heterocycles. The predicted molar refractivity (Wildman–Crippen MR) is 337 cm³/mol. The summed E-state index contributed by atoms with van der Waals surface area (Å²) in [5.74, 6) is 0.768. The van der Waals surface area contributed by atoms with Crippen molar-refractivity contribution in [1.29, 1.82) is 0 Å². The van der Waals surface area contributed by atoms with Crippen LogP contribution in [0.1, 0.15) is 38.7 Å². The maximum Gasteiger partial charge on any atom is 0.215 e. The van der Waals surface area contributed by atoms with E-state index in [2.05, 4.69) is 128 Å². The lowest BCUT2D eigenvalue weighted by Gasteiger charge is -2.35. The van der Waals surface area contributed by atoms with Crippen molar-refractivity contribution in [3.05, 3.63) is 278 Å². The van der Waals surface area contributed by atoms with E-state index < -0.39 is 32.5 Å². The van der Waals surface area contributed by atoms with E-state index in [9.17, 15) is 5.48 Å². The van der Waals surface area contributed by atoms with Gasteiger partial charge in [0.15, 0.2) is 8.07 Å². The first kappa shape index (κ1) is 39.6. The van der Waals surface area contributed by atoms with Crippen molar-refractivity contribution in [2.45, 2.75) is 26.2 Å². The third-order valence-electron chi connectivity index (χ3n) is 15.5. The van der Waals surface area contributed by atoms with Crippen LogP contribution in [0.2, 0.25) is 0 Å². The first-order valence-electron chi connectivity index (χ1n) is 31.4. The molecule has 0 N–H and O–H groups in total. The van der Waals surface area contributed by atoms with E-state index in [0.29, 0.717) is 51.1 Å². The molecule has 11 aromatic carbocycles. The van der Waals surface area contributed by atoms with E-state index in [0.717, 1.165) is 70.3 Å². The molecule has 14 rings (SSSR count). The van der Waals surface area contributed by atoms with Crippen LogP contribution < -0.4 is 35.3 Å². The molecule has 0 aliphatic carbocycles. The highest BCUT2D eigenvalue weighted by Gasteiger charge is 2.43. The Labute approximate surface area is 481 Å². The average molecular weight is 1060 g/mol. The zero-order valence-electron chi connectivity index (χ0n) is 53.4. The van der Waals surface area contributed by atoms with E-state index in [1.54, 1.807) is 42.5 Å². The smallest absolute Gasteiger partial charge is 0.215 e. The van der Waals surface area contributed by atoms with Crippen molar-refractivity contribution in [3.8, 4) is 39.7 Å². The number of ether oxygens (including phenoxy) is 1. The molecule has 6 nitrogen and oxygen atoms in total. The molecule has 0 radical (unpaired) electrons. The highest BCUT2D eigenvalue weighted by molar-refractivity contribution is 7.20. The number of imidazole rings is 1. The first-order valence-corrected chi connectivity index (χ1v) is 28.9. The van der Waals surface area contributed by atoms with Crippen molar-refractivity contribution in [2.75, 3.05) is 16.5 Å². The molecule has 0 unspecified atom stereocenters. The molecule has 0 spiro atoms. The van der Waals surface area contributed by atoms with Gasteiger partial charge in [0.05, 0.1) is 47.4 Å². The van der Waals surface area contributed by atoms with Gasteiger partial charge in [0.2, 0.25) is 5.95 Å². The van der Waals surface area contributed by atoms with Crippen LogP contribution in [0.3, 0.4) is 0 Å². The van der Waals surface area contributed by atoms with Gasteiger partial charge in [-0.25, -0.2) is 4.98 Å². The van der Waals surface area contributed by atoms with Gasteiger partial charge in [0, 0.05) is 50.8 Å². The topological polar surface area (TPSA) is 38.5 Å². The van der Waals surface area contributed by atoms with Crippen LogP contribution in [-0.2, 0) is 12.4 Å². The molecule has 13 aromatic rings. The van der Waals surface area contributed by atoms with Crippen LogP contribution in [0.4, 0.5) is 22.7 Å². The van der Waals surface area contributed by atoms with Gasteiger partial charge in [0.1, 0.15) is 18.2 Å². The number of fused-ring (bicyclic) bond motifs is 5. The van der Waals surface area contributed by atoms with Gasteiger partial charge in [-0.3, -0.25) is 4.57 Å². The van der Waals surface area contributed by atoms with Crippen LogP contribution >= 0.6 is 0 Å². The summed E-state index contributed by atoms with van der Waals surface area (Å²) >= 11 is 0. The quantitative estimate of drug-likeness (QED) is 0.0956. The molecule has 80 heavy (non-hydrogen) atoms. The highest BCUT2D eigenvalue weighted by atomic mass is 28.3. The second kappa shape index (κ2) is 19.6. The van der Waals surface area contributed by atoms with Gasteiger partial charge >= 0.3 is 0 Å². The van der Waals surface area contributed by atoms with E-state index in [-0.39, 0.29) is 35.6 Å². The molecule has 7 heteroatoms. The molecule has 0 bridgehead atoms. The van der Waals surface area contributed by atoms with E-state index >= 15 is 0 Å². The Morgan fingerprint density at radius 2 is 1.05 bits per heavy atom. The number of hydrogen-bond acceptors (Lipinski definition) is 4. The zero-order valence-corrected chi connectivity index (χ0v) is 45.4. The predicted octanol–water partition coefficient (Wildman–Crippen LogP) is 15.7. The fraction of sp³-hybridized carbons (Fsp3) is 0.0822. The Morgan fingerprint density at radius 1 is 0.500 bits per heavy atom. The van der Waals surface area contributed by atoms with Gasteiger partial charge < -0.3 is 19.1 Å². The first-order chi connectivity index (χ1) is 42.9. The summed E-state index contributed by atoms with van der Waals surface area (Å²) in [6, 6.07) is 78.1. The minimum absolute atomic E-state index is 0.0479. The Hall–Kier alpha value is -9.69. The second-order valence-electron chi connectivity index (χ2n) is 21.3. The van der Waals surface area contributed by atoms with Gasteiger partial charge in [0.25, 0.3) is 0 Å². The van der Waals surface area contributed by atoms with Crippen LogP contribution in [0, 0.1) is 0 Å². The molecular formula is C73H59N5OSi. The van der Waals surface area contributed by atoms with Crippen molar-refractivity contribution < 1.29 is 17.1 Å². The van der Waals surface area contributed by atoms with Gasteiger partial charge in [-0.2, -0.15) is 0 Å². The number of nitrogens with zero attached hydrogens (tertiary/aromatic N) is 5. The number of rotatable bonds is 11. The molecule has 0 fully saturated rings. The zero-order chi connectivity index (χ0) is 61.7. The molecule has 386 valence electrons. The third-order valence-corrected chi connectivity index (χ3v) is 20.2. The number of benzene rings is 11. The molecular weight excluding hydrogens is 991 g/mol.